The van der Waals surface area contributed by atoms with Crippen molar-refractivity contribution in [1.29, 1.82) is 0 Å². The highest BCUT2D eigenvalue weighted by molar-refractivity contribution is 5.75. The van der Waals surface area contributed by atoms with E-state index in [1.807, 2.05) is 0 Å². The van der Waals surface area contributed by atoms with Gasteiger partial charge in [-0.15, -0.1) is 0 Å². The second-order valence-corrected chi connectivity index (χ2v) is 6.74. The molecule has 3 heteroatoms. The third kappa shape index (κ3) is 17.5. The van der Waals surface area contributed by atoms with Gasteiger partial charge in [0.25, 0.3) is 0 Å². The van der Waals surface area contributed by atoms with Crippen LogP contribution in [0.4, 0.5) is 0 Å². The highest BCUT2D eigenvalue weighted by Crippen LogP contribution is 2.11. The third-order valence-corrected chi connectivity index (χ3v) is 4.01. The first-order chi connectivity index (χ1) is 10.7. The zero-order valence-electron chi connectivity index (χ0n) is 15.4. The first-order valence-electron chi connectivity index (χ1n) is 9.67. The van der Waals surface area contributed by atoms with Crippen molar-refractivity contribution in [2.75, 3.05) is 13.1 Å². The highest BCUT2D eigenvalue weighted by atomic mass is 16.1. The summed E-state index contributed by atoms with van der Waals surface area (Å²) < 4.78 is 0. The number of carbonyl (C=O) groups excluding carboxylic acids is 1. The molecular weight excluding hydrogens is 272 g/mol. The van der Waals surface area contributed by atoms with Crippen molar-refractivity contribution in [2.45, 2.75) is 104 Å². The van der Waals surface area contributed by atoms with Crippen molar-refractivity contribution in [3.05, 3.63) is 0 Å². The van der Waals surface area contributed by atoms with Crippen LogP contribution in [0.5, 0.6) is 0 Å². The fraction of sp³-hybridized carbons (Fsp3) is 0.947. The quantitative estimate of drug-likeness (QED) is 0.402. The molecule has 0 atom stereocenters. The standard InChI is InChI=1S/C19H40N2O/c1-4-5-6-7-8-9-10-11-12-13-14-15-19(22)21-17-16-20-18(2)3/h18,20H,4-17H2,1-3H3,(H,21,22). The van der Waals surface area contributed by atoms with Crippen molar-refractivity contribution in [3.8, 4) is 0 Å². The van der Waals surface area contributed by atoms with Gasteiger partial charge in [0.1, 0.15) is 0 Å². The Labute approximate surface area is 139 Å². The topological polar surface area (TPSA) is 41.1 Å². The largest absolute Gasteiger partial charge is 0.355 e. The number of nitrogens with one attached hydrogen (secondary N) is 2. The molecule has 0 fully saturated rings. The number of rotatable bonds is 16. The first-order valence-corrected chi connectivity index (χ1v) is 9.67. The van der Waals surface area contributed by atoms with Crippen LogP contribution >= 0.6 is 0 Å². The third-order valence-electron chi connectivity index (χ3n) is 4.01. The number of hydrogen-bond donors (Lipinski definition) is 2. The van der Waals surface area contributed by atoms with E-state index in [1.165, 1.54) is 64.2 Å². The maximum atomic E-state index is 11.6. The summed E-state index contributed by atoms with van der Waals surface area (Å²) in [5, 5.41) is 6.27. The van der Waals surface area contributed by atoms with Crippen LogP contribution in [0.3, 0.4) is 0 Å². The summed E-state index contributed by atoms with van der Waals surface area (Å²) >= 11 is 0. The van der Waals surface area contributed by atoms with Crippen LogP contribution < -0.4 is 10.6 Å². The molecule has 1 amide bonds. The van der Waals surface area contributed by atoms with Crippen LogP contribution in [-0.2, 0) is 4.79 Å². The SMILES string of the molecule is CCCCCCCCCCCCCC(=O)NCCNC(C)C. The molecule has 22 heavy (non-hydrogen) atoms. The van der Waals surface area contributed by atoms with E-state index >= 15 is 0 Å². The Balaban J connectivity index is 3.14. The van der Waals surface area contributed by atoms with Crippen LogP contribution in [0.25, 0.3) is 0 Å². The van der Waals surface area contributed by atoms with Gasteiger partial charge in [-0.25, -0.2) is 0 Å². The van der Waals surface area contributed by atoms with E-state index in [1.54, 1.807) is 0 Å². The van der Waals surface area contributed by atoms with Gasteiger partial charge < -0.3 is 10.6 Å². The van der Waals surface area contributed by atoms with Crippen molar-refractivity contribution in [3.63, 3.8) is 0 Å². The lowest BCUT2D eigenvalue weighted by Crippen LogP contribution is -2.34. The van der Waals surface area contributed by atoms with Gasteiger partial charge in [0.05, 0.1) is 0 Å². The van der Waals surface area contributed by atoms with Gasteiger partial charge >= 0.3 is 0 Å². The van der Waals surface area contributed by atoms with Crippen LogP contribution in [0.15, 0.2) is 0 Å². The molecule has 0 aliphatic rings. The molecule has 0 saturated carbocycles. The van der Waals surface area contributed by atoms with Gasteiger partial charge in [-0.1, -0.05) is 85.0 Å². The van der Waals surface area contributed by atoms with E-state index in [-0.39, 0.29) is 5.91 Å². The maximum Gasteiger partial charge on any atom is 0.220 e. The lowest BCUT2D eigenvalue weighted by Gasteiger charge is -2.09. The summed E-state index contributed by atoms with van der Waals surface area (Å²) in [6.07, 6.45) is 15.3. The molecule has 0 radical (unpaired) electrons. The van der Waals surface area contributed by atoms with Gasteiger partial charge in [0, 0.05) is 25.6 Å². The Morgan fingerprint density at radius 1 is 0.773 bits per heavy atom. The van der Waals surface area contributed by atoms with Crippen LogP contribution in [0.2, 0.25) is 0 Å². The molecule has 132 valence electrons. The minimum Gasteiger partial charge on any atom is -0.355 e. The molecule has 0 spiro atoms. The average Bonchev–Trinajstić information content (AvgIpc) is 2.49. The van der Waals surface area contributed by atoms with Crippen LogP contribution in [-0.4, -0.2) is 25.0 Å². The normalized spacial score (nSPS) is 11.1. The lowest BCUT2D eigenvalue weighted by atomic mass is 10.1. The Kier molecular flexibility index (Phi) is 16.4. The summed E-state index contributed by atoms with van der Waals surface area (Å²) in [6.45, 7) is 8.11. The van der Waals surface area contributed by atoms with Crippen molar-refractivity contribution in [1.82, 2.24) is 10.6 Å². The molecule has 3 nitrogen and oxygen atoms in total. The number of carbonyl (C=O) groups is 1. The van der Waals surface area contributed by atoms with Gasteiger partial charge in [-0.2, -0.15) is 0 Å². The van der Waals surface area contributed by atoms with Gasteiger partial charge in [-0.3, -0.25) is 4.79 Å². The molecule has 0 unspecified atom stereocenters. The molecule has 0 aromatic heterocycles. The van der Waals surface area contributed by atoms with E-state index in [0.717, 1.165) is 19.5 Å². The molecule has 0 heterocycles. The number of hydrogen-bond acceptors (Lipinski definition) is 2. The molecule has 0 aromatic rings. The molecule has 0 aliphatic carbocycles. The van der Waals surface area contributed by atoms with Gasteiger partial charge in [0.2, 0.25) is 5.91 Å². The molecule has 0 aromatic carbocycles. The molecule has 0 bridgehead atoms. The zero-order chi connectivity index (χ0) is 16.5. The summed E-state index contributed by atoms with van der Waals surface area (Å²) in [5.41, 5.74) is 0. The fourth-order valence-electron chi connectivity index (χ4n) is 2.60. The molecule has 0 saturated heterocycles. The number of amides is 1. The average molecular weight is 313 g/mol. The predicted octanol–water partition coefficient (Wildman–Crippen LogP) is 4.80. The summed E-state index contributed by atoms with van der Waals surface area (Å²) in [4.78, 5) is 11.6. The smallest absolute Gasteiger partial charge is 0.220 e. The Morgan fingerprint density at radius 3 is 1.77 bits per heavy atom. The predicted molar refractivity (Wildman–Crippen MR) is 97.2 cm³/mol. The summed E-state index contributed by atoms with van der Waals surface area (Å²) in [5.74, 6) is 0.210. The molecular formula is C19H40N2O. The Morgan fingerprint density at radius 2 is 1.27 bits per heavy atom. The lowest BCUT2D eigenvalue weighted by molar-refractivity contribution is -0.121. The van der Waals surface area contributed by atoms with Gasteiger partial charge in [0.15, 0.2) is 0 Å². The molecule has 2 N–H and O–H groups in total. The Bertz CT molecular complexity index is 242. The Hall–Kier alpha value is -0.570. The first kappa shape index (κ1) is 21.4. The maximum absolute atomic E-state index is 11.6. The zero-order valence-corrected chi connectivity index (χ0v) is 15.4. The van der Waals surface area contributed by atoms with Crippen molar-refractivity contribution in [2.24, 2.45) is 0 Å². The van der Waals surface area contributed by atoms with E-state index in [9.17, 15) is 4.79 Å². The van der Waals surface area contributed by atoms with Crippen molar-refractivity contribution < 1.29 is 4.79 Å². The van der Waals surface area contributed by atoms with E-state index < -0.39 is 0 Å². The van der Waals surface area contributed by atoms with E-state index in [4.69, 9.17) is 0 Å². The second kappa shape index (κ2) is 16.8. The summed E-state index contributed by atoms with van der Waals surface area (Å²) in [7, 11) is 0. The van der Waals surface area contributed by atoms with E-state index in [0.29, 0.717) is 12.5 Å². The second-order valence-electron chi connectivity index (χ2n) is 6.74. The fourth-order valence-corrected chi connectivity index (χ4v) is 2.60. The monoisotopic (exact) mass is 312 g/mol. The minimum absolute atomic E-state index is 0.210. The van der Waals surface area contributed by atoms with E-state index in [2.05, 4.69) is 31.4 Å². The van der Waals surface area contributed by atoms with Gasteiger partial charge in [-0.05, 0) is 6.42 Å². The number of unbranched alkanes of at least 4 members (excludes halogenated alkanes) is 10. The van der Waals surface area contributed by atoms with Crippen LogP contribution in [0, 0.1) is 0 Å². The molecule has 0 rings (SSSR count). The molecule has 0 aliphatic heterocycles. The minimum atomic E-state index is 0.210. The van der Waals surface area contributed by atoms with Crippen LogP contribution in [0.1, 0.15) is 97.8 Å². The summed E-state index contributed by atoms with van der Waals surface area (Å²) in [6, 6.07) is 0.489. The highest BCUT2D eigenvalue weighted by Gasteiger charge is 2.00. The van der Waals surface area contributed by atoms with Crippen molar-refractivity contribution >= 4 is 5.91 Å².